The van der Waals surface area contributed by atoms with E-state index in [0.717, 1.165) is 12.8 Å². The van der Waals surface area contributed by atoms with Crippen molar-refractivity contribution in [2.45, 2.75) is 52.5 Å². The van der Waals surface area contributed by atoms with Crippen molar-refractivity contribution < 1.29 is 19.5 Å². The fourth-order valence-electron chi connectivity index (χ4n) is 2.23. The molecule has 1 heterocycles. The van der Waals surface area contributed by atoms with E-state index < -0.39 is 11.4 Å². The van der Waals surface area contributed by atoms with Gasteiger partial charge in [0.2, 0.25) is 5.91 Å². The highest BCUT2D eigenvalue weighted by molar-refractivity contribution is 5.81. The molecular formula is C15H27N3O4. The van der Waals surface area contributed by atoms with Gasteiger partial charge in [-0.3, -0.25) is 9.59 Å². The first-order valence-electron chi connectivity index (χ1n) is 7.75. The first kappa shape index (κ1) is 18.3. The highest BCUT2D eigenvalue weighted by Gasteiger charge is 2.28. The van der Waals surface area contributed by atoms with Gasteiger partial charge in [0.15, 0.2) is 0 Å². The molecule has 0 aromatic carbocycles. The predicted molar refractivity (Wildman–Crippen MR) is 82.5 cm³/mol. The highest BCUT2D eigenvalue weighted by atomic mass is 16.4. The Morgan fingerprint density at radius 2 is 1.95 bits per heavy atom. The topological polar surface area (TPSA) is 98.7 Å². The maximum atomic E-state index is 12.0. The van der Waals surface area contributed by atoms with Crippen LogP contribution in [0.3, 0.4) is 0 Å². The van der Waals surface area contributed by atoms with Crippen LogP contribution in [0, 0.1) is 5.41 Å². The molecule has 1 fully saturated rings. The van der Waals surface area contributed by atoms with Gasteiger partial charge in [-0.15, -0.1) is 0 Å². The zero-order valence-corrected chi connectivity index (χ0v) is 13.6. The molecule has 1 unspecified atom stereocenters. The second kappa shape index (κ2) is 8.00. The van der Waals surface area contributed by atoms with Crippen molar-refractivity contribution in [3.63, 3.8) is 0 Å². The van der Waals surface area contributed by atoms with E-state index in [9.17, 15) is 14.4 Å². The number of urea groups is 1. The summed E-state index contributed by atoms with van der Waals surface area (Å²) in [6, 6.07) is -0.217. The number of carboxylic acid groups (broad SMARTS) is 1. The van der Waals surface area contributed by atoms with E-state index in [1.54, 1.807) is 4.90 Å². The number of rotatable bonds is 5. The van der Waals surface area contributed by atoms with Crippen LogP contribution in [-0.2, 0) is 9.59 Å². The summed E-state index contributed by atoms with van der Waals surface area (Å²) >= 11 is 0. The standard InChI is InChI=1S/C15H27N3O4/c1-15(2,3)13(21)17-11-6-5-9-18(10-11)14(22)16-8-4-7-12(19)20/h11H,4-10H2,1-3H3,(H,16,22)(H,17,21)(H,19,20). The number of amides is 3. The van der Waals surface area contributed by atoms with E-state index in [1.165, 1.54) is 0 Å². The molecule has 1 rings (SSSR count). The number of hydrogen-bond donors (Lipinski definition) is 3. The van der Waals surface area contributed by atoms with Crippen molar-refractivity contribution in [2.75, 3.05) is 19.6 Å². The molecular weight excluding hydrogens is 286 g/mol. The number of carbonyl (C=O) groups is 3. The van der Waals surface area contributed by atoms with Gasteiger partial charge in [-0.1, -0.05) is 20.8 Å². The minimum atomic E-state index is -0.864. The second-order valence-corrected chi connectivity index (χ2v) is 6.74. The molecule has 7 nitrogen and oxygen atoms in total. The summed E-state index contributed by atoms with van der Waals surface area (Å²) in [5.74, 6) is -0.876. The quantitative estimate of drug-likeness (QED) is 0.664. The molecule has 0 aromatic rings. The molecule has 126 valence electrons. The molecule has 0 radical (unpaired) electrons. The van der Waals surface area contributed by atoms with Crippen LogP contribution in [0.4, 0.5) is 4.79 Å². The van der Waals surface area contributed by atoms with Gasteiger partial charge < -0.3 is 20.6 Å². The van der Waals surface area contributed by atoms with E-state index in [0.29, 0.717) is 26.1 Å². The van der Waals surface area contributed by atoms with E-state index in [1.807, 2.05) is 20.8 Å². The molecule has 0 aliphatic carbocycles. The zero-order chi connectivity index (χ0) is 16.8. The minimum Gasteiger partial charge on any atom is -0.481 e. The van der Waals surface area contributed by atoms with Gasteiger partial charge in [-0.05, 0) is 19.3 Å². The minimum absolute atomic E-state index is 0.0128. The van der Waals surface area contributed by atoms with Gasteiger partial charge >= 0.3 is 12.0 Å². The Hall–Kier alpha value is -1.79. The lowest BCUT2D eigenvalue weighted by Crippen LogP contribution is -2.53. The average molecular weight is 313 g/mol. The van der Waals surface area contributed by atoms with Gasteiger partial charge in [-0.25, -0.2) is 4.79 Å². The van der Waals surface area contributed by atoms with Crippen LogP contribution < -0.4 is 10.6 Å². The maximum Gasteiger partial charge on any atom is 0.317 e. The van der Waals surface area contributed by atoms with Gasteiger partial charge in [0, 0.05) is 37.5 Å². The lowest BCUT2D eigenvalue weighted by molar-refractivity contribution is -0.137. The Labute approximate surface area is 131 Å². The van der Waals surface area contributed by atoms with Crippen molar-refractivity contribution in [1.82, 2.24) is 15.5 Å². The van der Waals surface area contributed by atoms with Crippen molar-refractivity contribution in [3.8, 4) is 0 Å². The fraction of sp³-hybridized carbons (Fsp3) is 0.800. The van der Waals surface area contributed by atoms with Crippen molar-refractivity contribution in [3.05, 3.63) is 0 Å². The van der Waals surface area contributed by atoms with Gasteiger partial charge in [0.25, 0.3) is 0 Å². The molecule has 1 atom stereocenters. The van der Waals surface area contributed by atoms with E-state index in [-0.39, 0.29) is 24.4 Å². The SMILES string of the molecule is CC(C)(C)C(=O)NC1CCCN(C(=O)NCCCC(=O)O)C1. The van der Waals surface area contributed by atoms with E-state index >= 15 is 0 Å². The van der Waals surface area contributed by atoms with Crippen LogP contribution in [-0.4, -0.2) is 53.6 Å². The number of nitrogens with zero attached hydrogens (tertiary/aromatic N) is 1. The van der Waals surface area contributed by atoms with Crippen molar-refractivity contribution in [1.29, 1.82) is 0 Å². The normalized spacial score (nSPS) is 18.7. The van der Waals surface area contributed by atoms with Crippen LogP contribution in [0.1, 0.15) is 46.5 Å². The number of carboxylic acids is 1. The van der Waals surface area contributed by atoms with Gasteiger partial charge in [0.05, 0.1) is 0 Å². The molecule has 0 aromatic heterocycles. The van der Waals surface area contributed by atoms with Crippen molar-refractivity contribution in [2.24, 2.45) is 5.41 Å². The van der Waals surface area contributed by atoms with Crippen LogP contribution in [0.15, 0.2) is 0 Å². The summed E-state index contributed by atoms with van der Waals surface area (Å²) in [5, 5.41) is 14.3. The first-order valence-corrected chi connectivity index (χ1v) is 7.75. The molecule has 0 spiro atoms. The Morgan fingerprint density at radius 1 is 1.27 bits per heavy atom. The number of aliphatic carboxylic acids is 1. The number of piperidine rings is 1. The zero-order valence-electron chi connectivity index (χ0n) is 13.6. The molecule has 0 saturated carbocycles. The molecule has 1 aliphatic rings. The Balaban J connectivity index is 2.37. The number of carbonyl (C=O) groups excluding carboxylic acids is 2. The second-order valence-electron chi connectivity index (χ2n) is 6.74. The summed E-state index contributed by atoms with van der Waals surface area (Å²) < 4.78 is 0. The molecule has 3 N–H and O–H groups in total. The van der Waals surface area contributed by atoms with Gasteiger partial charge in [-0.2, -0.15) is 0 Å². The third kappa shape index (κ3) is 6.32. The lowest BCUT2D eigenvalue weighted by atomic mass is 9.94. The third-order valence-electron chi connectivity index (χ3n) is 3.57. The van der Waals surface area contributed by atoms with Gasteiger partial charge in [0.1, 0.15) is 0 Å². The van der Waals surface area contributed by atoms with Crippen molar-refractivity contribution >= 4 is 17.9 Å². The molecule has 1 aliphatic heterocycles. The molecule has 7 heteroatoms. The Kier molecular flexibility index (Phi) is 6.64. The molecule has 0 bridgehead atoms. The number of nitrogens with one attached hydrogen (secondary N) is 2. The Morgan fingerprint density at radius 3 is 2.55 bits per heavy atom. The molecule has 1 saturated heterocycles. The number of hydrogen-bond acceptors (Lipinski definition) is 3. The third-order valence-corrected chi connectivity index (χ3v) is 3.57. The monoisotopic (exact) mass is 313 g/mol. The van der Waals surface area contributed by atoms with Crippen LogP contribution in [0.2, 0.25) is 0 Å². The van der Waals surface area contributed by atoms with E-state index in [4.69, 9.17) is 5.11 Å². The summed E-state index contributed by atoms with van der Waals surface area (Å²) in [6.07, 6.45) is 2.17. The van der Waals surface area contributed by atoms with Crippen LogP contribution >= 0.6 is 0 Å². The summed E-state index contributed by atoms with van der Waals surface area (Å²) in [4.78, 5) is 36.1. The first-order chi connectivity index (χ1) is 10.2. The smallest absolute Gasteiger partial charge is 0.317 e. The van der Waals surface area contributed by atoms with Crippen LogP contribution in [0.5, 0.6) is 0 Å². The Bertz CT molecular complexity index is 418. The molecule has 22 heavy (non-hydrogen) atoms. The fourth-order valence-corrected chi connectivity index (χ4v) is 2.23. The highest BCUT2D eigenvalue weighted by Crippen LogP contribution is 2.16. The summed E-state index contributed by atoms with van der Waals surface area (Å²) in [7, 11) is 0. The van der Waals surface area contributed by atoms with E-state index in [2.05, 4.69) is 10.6 Å². The van der Waals surface area contributed by atoms with Crippen LogP contribution in [0.25, 0.3) is 0 Å². The lowest BCUT2D eigenvalue weighted by Gasteiger charge is -2.34. The predicted octanol–water partition coefficient (Wildman–Crippen LogP) is 1.19. The molecule has 3 amide bonds. The maximum absolute atomic E-state index is 12.0. The summed E-state index contributed by atoms with van der Waals surface area (Å²) in [6.45, 7) is 7.08. The largest absolute Gasteiger partial charge is 0.481 e. The average Bonchev–Trinajstić information content (AvgIpc) is 2.42. The number of likely N-dealkylation sites (tertiary alicyclic amines) is 1. The summed E-state index contributed by atoms with van der Waals surface area (Å²) in [5.41, 5.74) is -0.443.